The molecule has 0 bridgehead atoms. The summed E-state index contributed by atoms with van der Waals surface area (Å²) in [5.74, 6) is 0. The zero-order chi connectivity index (χ0) is 34.4. The maximum absolute atomic E-state index is 15.2. The van der Waals surface area contributed by atoms with Gasteiger partial charge in [-0.3, -0.25) is 0 Å². The number of pyridine rings is 1. The average molecular weight is 654 g/mol. The molecule has 0 aliphatic carbocycles. The Morgan fingerprint density at radius 2 is 0.980 bits per heavy atom. The lowest BCUT2D eigenvalue weighted by Gasteiger charge is -2.19. The molecule has 0 unspecified atom stereocenters. The van der Waals surface area contributed by atoms with Gasteiger partial charge in [0.2, 0.25) is 0 Å². The van der Waals surface area contributed by atoms with Crippen molar-refractivity contribution in [3.63, 3.8) is 0 Å². The number of aromatic nitrogens is 3. The molecule has 0 N–H and O–H groups in total. The van der Waals surface area contributed by atoms with Crippen LogP contribution < -0.4 is 0 Å². The number of nitrogens with zero attached hydrogens (tertiary/aromatic N) is 5. The SMILES string of the molecule is N#Cc1cc(C#N)cc(-c2ccc(-c3nc4ccccc4c4c3c(C(F)(F)F)cc3nc(-c5ccccc5)c(-c5ccccc5)nc34)cc2)c1. The molecular weight excluding hydrogens is 631 g/mol. The minimum Gasteiger partial charge on any atom is -0.247 e. The summed E-state index contributed by atoms with van der Waals surface area (Å²) in [5, 5.41) is 19.7. The first-order valence-electron chi connectivity index (χ1n) is 15.6. The summed E-state index contributed by atoms with van der Waals surface area (Å²) < 4.78 is 45.6. The first-order valence-corrected chi connectivity index (χ1v) is 15.6. The molecule has 0 amide bonds. The third kappa shape index (κ3) is 5.26. The van der Waals surface area contributed by atoms with E-state index in [-0.39, 0.29) is 16.6 Å². The molecule has 8 rings (SSSR count). The van der Waals surface area contributed by atoms with E-state index in [0.717, 1.165) is 17.2 Å². The van der Waals surface area contributed by atoms with Crippen molar-refractivity contribution in [1.82, 2.24) is 15.0 Å². The summed E-state index contributed by atoms with van der Waals surface area (Å²) in [6.45, 7) is 0. The molecule has 2 heterocycles. The number of nitriles is 2. The van der Waals surface area contributed by atoms with Crippen LogP contribution in [0.1, 0.15) is 16.7 Å². The van der Waals surface area contributed by atoms with Gasteiger partial charge in [0.1, 0.15) is 0 Å². The van der Waals surface area contributed by atoms with Gasteiger partial charge in [-0.2, -0.15) is 23.7 Å². The van der Waals surface area contributed by atoms with Crippen molar-refractivity contribution in [2.24, 2.45) is 0 Å². The number of hydrogen-bond donors (Lipinski definition) is 0. The number of hydrogen-bond acceptors (Lipinski definition) is 5. The van der Waals surface area contributed by atoms with Gasteiger partial charge in [-0.1, -0.05) is 103 Å². The van der Waals surface area contributed by atoms with Gasteiger partial charge in [0.25, 0.3) is 0 Å². The van der Waals surface area contributed by atoms with Crippen molar-refractivity contribution in [3.8, 4) is 57.0 Å². The first kappa shape index (κ1) is 30.4. The summed E-state index contributed by atoms with van der Waals surface area (Å²) in [7, 11) is 0. The van der Waals surface area contributed by atoms with Crippen molar-refractivity contribution in [2.75, 3.05) is 0 Å². The number of halogens is 3. The minimum absolute atomic E-state index is 0.0736. The molecule has 0 fully saturated rings. The highest BCUT2D eigenvalue weighted by Crippen LogP contribution is 2.45. The van der Waals surface area contributed by atoms with Crippen LogP contribution >= 0.6 is 0 Å². The van der Waals surface area contributed by atoms with E-state index in [0.29, 0.717) is 61.0 Å². The lowest BCUT2D eigenvalue weighted by molar-refractivity contribution is -0.136. The Hall–Kier alpha value is -6.90. The van der Waals surface area contributed by atoms with E-state index in [2.05, 4.69) is 12.1 Å². The maximum atomic E-state index is 15.2. The zero-order valence-corrected chi connectivity index (χ0v) is 26.1. The largest absolute Gasteiger partial charge is 0.417 e. The van der Waals surface area contributed by atoms with Crippen LogP contribution in [0.25, 0.3) is 77.6 Å². The van der Waals surface area contributed by atoms with Gasteiger partial charge < -0.3 is 0 Å². The van der Waals surface area contributed by atoms with Crippen molar-refractivity contribution < 1.29 is 13.2 Å². The highest BCUT2D eigenvalue weighted by molar-refractivity contribution is 6.22. The molecule has 0 saturated heterocycles. The summed E-state index contributed by atoms with van der Waals surface area (Å²) in [6.07, 6.45) is -4.75. The van der Waals surface area contributed by atoms with E-state index >= 15 is 13.2 Å². The third-order valence-electron chi connectivity index (χ3n) is 8.69. The van der Waals surface area contributed by atoms with Gasteiger partial charge in [-0.15, -0.1) is 0 Å². The van der Waals surface area contributed by atoms with Gasteiger partial charge in [-0.25, -0.2) is 15.0 Å². The Morgan fingerprint density at radius 1 is 0.460 bits per heavy atom. The molecule has 0 atom stereocenters. The fraction of sp³-hybridized carbons (Fsp3) is 0.0238. The van der Waals surface area contributed by atoms with Crippen LogP contribution in [0.3, 0.4) is 0 Å². The van der Waals surface area contributed by atoms with Crippen molar-refractivity contribution in [1.29, 1.82) is 10.5 Å². The van der Waals surface area contributed by atoms with Gasteiger partial charge in [0, 0.05) is 32.8 Å². The fourth-order valence-electron chi connectivity index (χ4n) is 6.43. The minimum atomic E-state index is -4.75. The van der Waals surface area contributed by atoms with Crippen LogP contribution in [0.5, 0.6) is 0 Å². The Morgan fingerprint density at radius 3 is 1.58 bits per heavy atom. The van der Waals surface area contributed by atoms with Crippen LogP contribution in [0.15, 0.2) is 133 Å². The maximum Gasteiger partial charge on any atom is 0.417 e. The van der Waals surface area contributed by atoms with Crippen LogP contribution in [0.4, 0.5) is 13.2 Å². The monoisotopic (exact) mass is 653 g/mol. The van der Waals surface area contributed by atoms with Crippen LogP contribution in [-0.2, 0) is 6.18 Å². The van der Waals surface area contributed by atoms with Gasteiger partial charge in [0.05, 0.1) is 62.5 Å². The van der Waals surface area contributed by atoms with Crippen LogP contribution in [0, 0.1) is 22.7 Å². The molecule has 0 spiro atoms. The molecule has 0 saturated carbocycles. The summed E-state index contributed by atoms with van der Waals surface area (Å²) >= 11 is 0. The Labute approximate surface area is 284 Å². The average Bonchev–Trinajstić information content (AvgIpc) is 3.16. The molecule has 5 nitrogen and oxygen atoms in total. The second-order valence-corrected chi connectivity index (χ2v) is 11.8. The molecule has 6 aromatic carbocycles. The predicted molar refractivity (Wildman–Crippen MR) is 189 cm³/mol. The topological polar surface area (TPSA) is 86.2 Å². The second-order valence-electron chi connectivity index (χ2n) is 11.8. The van der Waals surface area contributed by atoms with Crippen LogP contribution in [-0.4, -0.2) is 15.0 Å². The van der Waals surface area contributed by atoms with E-state index in [9.17, 15) is 10.5 Å². The molecule has 236 valence electrons. The lowest BCUT2D eigenvalue weighted by Crippen LogP contribution is -2.09. The Kier molecular flexibility index (Phi) is 7.28. The molecule has 50 heavy (non-hydrogen) atoms. The molecule has 8 aromatic rings. The normalized spacial score (nSPS) is 11.5. The zero-order valence-electron chi connectivity index (χ0n) is 26.1. The number of fused-ring (bicyclic) bond motifs is 5. The number of rotatable bonds is 4. The van der Waals surface area contributed by atoms with E-state index in [1.807, 2.05) is 60.7 Å². The quantitative estimate of drug-likeness (QED) is 0.176. The second kappa shape index (κ2) is 12.0. The van der Waals surface area contributed by atoms with E-state index in [1.54, 1.807) is 60.7 Å². The molecular formula is C42H22F3N5. The van der Waals surface area contributed by atoms with Crippen molar-refractivity contribution >= 4 is 32.7 Å². The number of para-hydroxylation sites is 1. The number of alkyl halides is 3. The van der Waals surface area contributed by atoms with Crippen molar-refractivity contribution in [3.05, 3.63) is 150 Å². The van der Waals surface area contributed by atoms with Gasteiger partial charge in [0.15, 0.2) is 0 Å². The van der Waals surface area contributed by atoms with E-state index in [1.165, 1.54) is 6.07 Å². The summed E-state index contributed by atoms with van der Waals surface area (Å²) in [6, 6.07) is 42.9. The van der Waals surface area contributed by atoms with Crippen molar-refractivity contribution in [2.45, 2.75) is 6.18 Å². The predicted octanol–water partition coefficient (Wildman–Crippen LogP) is 10.8. The van der Waals surface area contributed by atoms with Gasteiger partial charge in [-0.05, 0) is 41.5 Å². The Bertz CT molecular complexity index is 2660. The third-order valence-corrected chi connectivity index (χ3v) is 8.69. The van der Waals surface area contributed by atoms with E-state index in [4.69, 9.17) is 15.0 Å². The van der Waals surface area contributed by atoms with Crippen LogP contribution in [0.2, 0.25) is 0 Å². The number of benzene rings is 6. The molecule has 0 radical (unpaired) electrons. The molecule has 0 aliphatic heterocycles. The first-order chi connectivity index (χ1) is 24.3. The molecule has 2 aromatic heterocycles. The molecule has 8 heteroatoms. The smallest absolute Gasteiger partial charge is 0.247 e. The standard InChI is InChI=1S/C42H22F3N5/c43-42(44,45)33-22-35-41(50-40(29-11-5-2-6-12-29)39(49-35)28-9-3-1-4-10-28)36-32-13-7-8-14-34(32)48-38(37(33)36)30-17-15-27(16-18-30)31-20-25(23-46)19-26(21-31)24-47/h1-22H. The van der Waals surface area contributed by atoms with Gasteiger partial charge >= 0.3 is 6.18 Å². The highest BCUT2D eigenvalue weighted by atomic mass is 19.4. The molecule has 0 aliphatic rings. The highest BCUT2D eigenvalue weighted by Gasteiger charge is 2.36. The Balaban J connectivity index is 1.46. The fourth-order valence-corrected chi connectivity index (χ4v) is 6.43. The summed E-state index contributed by atoms with van der Waals surface area (Å²) in [4.78, 5) is 14.9. The summed E-state index contributed by atoms with van der Waals surface area (Å²) in [5.41, 5.74) is 5.25. The lowest BCUT2D eigenvalue weighted by atomic mass is 9.93. The van der Waals surface area contributed by atoms with E-state index < -0.39 is 11.7 Å².